The molecule has 0 aliphatic carbocycles. The van der Waals surface area contributed by atoms with Crippen molar-refractivity contribution in [2.45, 2.75) is 6.42 Å². The Hall–Kier alpha value is -3.48. The molecule has 7 heteroatoms. The van der Waals surface area contributed by atoms with Crippen LogP contribution in [0.25, 0.3) is 10.9 Å². The van der Waals surface area contributed by atoms with Crippen LogP contribution in [-0.2, 0) is 11.2 Å². The Morgan fingerprint density at radius 1 is 1.03 bits per heavy atom. The molecule has 0 saturated carbocycles. The van der Waals surface area contributed by atoms with E-state index in [4.69, 9.17) is 4.74 Å². The van der Waals surface area contributed by atoms with Gasteiger partial charge >= 0.3 is 5.97 Å². The molecular formula is C22H23N3O4. The Morgan fingerprint density at radius 2 is 1.72 bits per heavy atom. The van der Waals surface area contributed by atoms with E-state index < -0.39 is 5.97 Å². The molecule has 3 aromatic rings. The smallest absolute Gasteiger partial charge is 0.352 e. The van der Waals surface area contributed by atoms with Crippen molar-refractivity contribution in [2.75, 3.05) is 38.2 Å². The fourth-order valence-corrected chi connectivity index (χ4v) is 3.84. The van der Waals surface area contributed by atoms with E-state index in [9.17, 15) is 14.7 Å². The number of ether oxygens (including phenoxy) is 1. The number of amides is 1. The molecule has 4 rings (SSSR count). The molecular weight excluding hydrogens is 370 g/mol. The number of carboxylic acids is 1. The van der Waals surface area contributed by atoms with Crippen LogP contribution >= 0.6 is 0 Å². The first-order valence-corrected chi connectivity index (χ1v) is 9.56. The third kappa shape index (κ3) is 3.76. The minimum Gasteiger partial charge on any atom is -0.497 e. The van der Waals surface area contributed by atoms with E-state index >= 15 is 0 Å². The molecule has 1 aliphatic rings. The molecule has 1 amide bonds. The van der Waals surface area contributed by atoms with Crippen LogP contribution in [-0.4, -0.2) is 60.2 Å². The van der Waals surface area contributed by atoms with E-state index in [1.54, 1.807) is 7.11 Å². The number of hydrogen-bond donors (Lipinski definition) is 2. The lowest BCUT2D eigenvalue weighted by Crippen LogP contribution is -2.49. The second-order valence-corrected chi connectivity index (χ2v) is 7.07. The highest BCUT2D eigenvalue weighted by Gasteiger charge is 2.25. The third-order valence-corrected chi connectivity index (χ3v) is 5.43. The van der Waals surface area contributed by atoms with Crippen LogP contribution < -0.4 is 9.64 Å². The third-order valence-electron chi connectivity index (χ3n) is 5.43. The monoisotopic (exact) mass is 393 g/mol. The van der Waals surface area contributed by atoms with Gasteiger partial charge < -0.3 is 24.6 Å². The Kier molecular flexibility index (Phi) is 5.12. The molecule has 150 valence electrons. The van der Waals surface area contributed by atoms with E-state index in [1.807, 2.05) is 53.4 Å². The summed E-state index contributed by atoms with van der Waals surface area (Å²) in [7, 11) is 1.64. The molecule has 1 saturated heterocycles. The van der Waals surface area contributed by atoms with Gasteiger partial charge in [0.05, 0.1) is 13.5 Å². The number of aromatic amines is 1. The average Bonchev–Trinajstić information content (AvgIpc) is 3.13. The molecule has 2 aromatic carbocycles. The van der Waals surface area contributed by atoms with Gasteiger partial charge in [0.1, 0.15) is 11.4 Å². The zero-order chi connectivity index (χ0) is 20.4. The number of aromatic nitrogens is 1. The zero-order valence-corrected chi connectivity index (χ0v) is 16.2. The first-order chi connectivity index (χ1) is 14.1. The van der Waals surface area contributed by atoms with Gasteiger partial charge in [0.25, 0.3) is 0 Å². The molecule has 0 atom stereocenters. The molecule has 0 bridgehead atoms. The molecule has 0 radical (unpaired) electrons. The van der Waals surface area contributed by atoms with Crippen LogP contribution in [0.5, 0.6) is 5.75 Å². The lowest BCUT2D eigenvalue weighted by molar-refractivity contribution is -0.130. The number of carbonyl (C=O) groups excluding carboxylic acids is 1. The van der Waals surface area contributed by atoms with Crippen molar-refractivity contribution in [3.63, 3.8) is 0 Å². The number of nitrogens with one attached hydrogen (secondary N) is 1. The maximum absolute atomic E-state index is 12.9. The van der Waals surface area contributed by atoms with Gasteiger partial charge in [-0.2, -0.15) is 0 Å². The van der Waals surface area contributed by atoms with Crippen molar-refractivity contribution >= 4 is 28.5 Å². The van der Waals surface area contributed by atoms with Crippen LogP contribution in [0, 0.1) is 0 Å². The maximum atomic E-state index is 12.9. The molecule has 1 fully saturated rings. The zero-order valence-electron chi connectivity index (χ0n) is 16.2. The largest absolute Gasteiger partial charge is 0.497 e. The summed E-state index contributed by atoms with van der Waals surface area (Å²) in [5.41, 5.74) is 2.48. The fraction of sp³-hybridized carbons (Fsp3) is 0.273. The predicted octanol–water partition coefficient (Wildman–Crippen LogP) is 2.77. The number of anilines is 1. The van der Waals surface area contributed by atoms with Crippen molar-refractivity contribution in [1.29, 1.82) is 0 Å². The Labute approximate surface area is 168 Å². The lowest BCUT2D eigenvalue weighted by Gasteiger charge is -2.36. The maximum Gasteiger partial charge on any atom is 0.352 e. The van der Waals surface area contributed by atoms with Crippen molar-refractivity contribution in [2.24, 2.45) is 0 Å². The highest BCUT2D eigenvalue weighted by Crippen LogP contribution is 2.25. The Balaban J connectivity index is 1.45. The number of para-hydroxylation sites is 1. The highest BCUT2D eigenvalue weighted by molar-refractivity contribution is 6.00. The first kappa shape index (κ1) is 18.9. The van der Waals surface area contributed by atoms with E-state index in [1.165, 1.54) is 0 Å². The van der Waals surface area contributed by atoms with Gasteiger partial charge in [0.2, 0.25) is 5.91 Å². The number of methoxy groups -OCH3 is 1. The van der Waals surface area contributed by atoms with Crippen molar-refractivity contribution < 1.29 is 19.4 Å². The van der Waals surface area contributed by atoms with Crippen LogP contribution in [0.15, 0.2) is 48.5 Å². The quantitative estimate of drug-likeness (QED) is 0.696. The van der Waals surface area contributed by atoms with Gasteiger partial charge in [-0.05, 0) is 30.3 Å². The van der Waals surface area contributed by atoms with E-state index in [0.29, 0.717) is 18.7 Å². The SMILES string of the molecule is COc1ccc(N2CCN(C(=O)Cc3c(C(=O)O)[nH]c4ccccc34)CC2)cc1. The van der Waals surface area contributed by atoms with E-state index in [2.05, 4.69) is 9.88 Å². The van der Waals surface area contributed by atoms with Gasteiger partial charge in [-0.3, -0.25) is 4.79 Å². The second-order valence-electron chi connectivity index (χ2n) is 7.07. The minimum absolute atomic E-state index is 0.0494. The summed E-state index contributed by atoms with van der Waals surface area (Å²) in [5.74, 6) is -0.282. The number of aromatic carboxylic acids is 1. The topological polar surface area (TPSA) is 85.9 Å². The van der Waals surface area contributed by atoms with Crippen LogP contribution in [0.1, 0.15) is 16.1 Å². The summed E-state index contributed by atoms with van der Waals surface area (Å²) >= 11 is 0. The summed E-state index contributed by atoms with van der Waals surface area (Å²) in [6, 6.07) is 15.3. The number of H-pyrrole nitrogens is 1. The lowest BCUT2D eigenvalue weighted by atomic mass is 10.1. The molecule has 29 heavy (non-hydrogen) atoms. The van der Waals surface area contributed by atoms with Gasteiger partial charge in [-0.1, -0.05) is 18.2 Å². The standard InChI is InChI=1S/C22H23N3O4/c1-29-16-8-6-15(7-9-16)24-10-12-25(13-11-24)20(26)14-18-17-4-2-3-5-19(17)23-21(18)22(27)28/h2-9,23H,10-14H2,1H3,(H,27,28). The summed E-state index contributed by atoms with van der Waals surface area (Å²) in [6.07, 6.45) is 0.0776. The number of rotatable bonds is 5. The summed E-state index contributed by atoms with van der Waals surface area (Å²) in [6.45, 7) is 2.68. The molecule has 0 spiro atoms. The summed E-state index contributed by atoms with van der Waals surface area (Å²) in [4.78, 5) is 31.5. The predicted molar refractivity (Wildman–Crippen MR) is 111 cm³/mol. The van der Waals surface area contributed by atoms with E-state index in [0.717, 1.165) is 35.4 Å². The number of fused-ring (bicyclic) bond motifs is 1. The molecule has 1 aromatic heterocycles. The molecule has 0 unspecified atom stereocenters. The number of carbonyl (C=O) groups is 2. The molecule has 2 heterocycles. The summed E-state index contributed by atoms with van der Waals surface area (Å²) in [5, 5.41) is 10.3. The average molecular weight is 393 g/mol. The number of nitrogens with zero attached hydrogens (tertiary/aromatic N) is 2. The number of piperazine rings is 1. The molecule has 7 nitrogen and oxygen atoms in total. The van der Waals surface area contributed by atoms with Crippen LogP contribution in [0.2, 0.25) is 0 Å². The first-order valence-electron chi connectivity index (χ1n) is 9.56. The number of benzene rings is 2. The number of carboxylic acid groups (broad SMARTS) is 1. The second kappa shape index (κ2) is 7.87. The van der Waals surface area contributed by atoms with Gasteiger partial charge in [0.15, 0.2) is 0 Å². The highest BCUT2D eigenvalue weighted by atomic mass is 16.5. The fourth-order valence-electron chi connectivity index (χ4n) is 3.84. The molecule has 2 N–H and O–H groups in total. The van der Waals surface area contributed by atoms with Crippen LogP contribution in [0.4, 0.5) is 5.69 Å². The number of hydrogen-bond acceptors (Lipinski definition) is 4. The minimum atomic E-state index is -1.05. The van der Waals surface area contributed by atoms with Gasteiger partial charge in [0, 0.05) is 48.3 Å². The normalized spacial score (nSPS) is 14.2. The summed E-state index contributed by atoms with van der Waals surface area (Å²) < 4.78 is 5.20. The van der Waals surface area contributed by atoms with E-state index in [-0.39, 0.29) is 18.0 Å². The van der Waals surface area contributed by atoms with Crippen molar-refractivity contribution in [3.05, 3.63) is 59.8 Å². The molecule has 1 aliphatic heterocycles. The van der Waals surface area contributed by atoms with Crippen LogP contribution in [0.3, 0.4) is 0 Å². The Morgan fingerprint density at radius 3 is 2.38 bits per heavy atom. The van der Waals surface area contributed by atoms with Gasteiger partial charge in [-0.25, -0.2) is 4.79 Å². The Bertz CT molecular complexity index is 1030. The van der Waals surface area contributed by atoms with Gasteiger partial charge in [-0.15, -0.1) is 0 Å². The van der Waals surface area contributed by atoms with Crippen molar-refractivity contribution in [3.8, 4) is 5.75 Å². The van der Waals surface area contributed by atoms with Crippen molar-refractivity contribution in [1.82, 2.24) is 9.88 Å².